The van der Waals surface area contributed by atoms with Gasteiger partial charge in [0.15, 0.2) is 0 Å². The van der Waals surface area contributed by atoms with Crippen LogP contribution in [0.3, 0.4) is 0 Å². The van der Waals surface area contributed by atoms with Gasteiger partial charge in [-0.25, -0.2) is 0 Å². The van der Waals surface area contributed by atoms with E-state index in [0.29, 0.717) is 23.5 Å². The number of methoxy groups -OCH3 is 1. The second kappa shape index (κ2) is 5.87. The van der Waals surface area contributed by atoms with E-state index in [1.807, 2.05) is 27.0 Å². The van der Waals surface area contributed by atoms with E-state index in [1.165, 1.54) is 0 Å². The van der Waals surface area contributed by atoms with Crippen LogP contribution in [0.1, 0.15) is 27.3 Å². The van der Waals surface area contributed by atoms with Gasteiger partial charge in [0, 0.05) is 19.3 Å². The smallest absolute Gasteiger partial charge is 0.255 e. The number of nitrogens with one attached hydrogen (secondary N) is 1. The second-order valence-electron chi connectivity index (χ2n) is 4.93. The van der Waals surface area contributed by atoms with Crippen LogP contribution in [0.4, 0.5) is 5.69 Å². The molecule has 1 heterocycles. The highest BCUT2D eigenvalue weighted by atomic mass is 16.5. The Morgan fingerprint density at radius 2 is 2.14 bits per heavy atom. The standard InChI is InChI=1S/C15H20N4O2/c1-9-14(10(2)19(3)18-9)15(20)17-8-11-5-6-13(21-4)12(16)7-11/h5-7H,8,16H2,1-4H3,(H,17,20). The van der Waals surface area contributed by atoms with Crippen molar-refractivity contribution in [1.82, 2.24) is 15.1 Å². The molecule has 0 saturated heterocycles. The number of aromatic nitrogens is 2. The Morgan fingerprint density at radius 3 is 2.67 bits per heavy atom. The van der Waals surface area contributed by atoms with Crippen molar-refractivity contribution in [3.05, 3.63) is 40.7 Å². The lowest BCUT2D eigenvalue weighted by molar-refractivity contribution is 0.0949. The molecule has 0 radical (unpaired) electrons. The fraction of sp³-hybridized carbons (Fsp3) is 0.333. The molecule has 0 bridgehead atoms. The van der Waals surface area contributed by atoms with Crippen molar-refractivity contribution < 1.29 is 9.53 Å². The molecule has 1 amide bonds. The maximum absolute atomic E-state index is 12.3. The summed E-state index contributed by atoms with van der Waals surface area (Å²) in [4.78, 5) is 12.3. The second-order valence-corrected chi connectivity index (χ2v) is 4.93. The molecule has 0 atom stereocenters. The number of aryl methyl sites for hydroxylation is 2. The maximum Gasteiger partial charge on any atom is 0.255 e. The molecule has 3 N–H and O–H groups in total. The van der Waals surface area contributed by atoms with E-state index in [2.05, 4.69) is 10.4 Å². The molecule has 1 aromatic carbocycles. The summed E-state index contributed by atoms with van der Waals surface area (Å²) in [5, 5.41) is 7.13. The number of rotatable bonds is 4. The first kappa shape index (κ1) is 14.9. The Bertz CT molecular complexity index is 677. The van der Waals surface area contributed by atoms with Gasteiger partial charge in [-0.05, 0) is 31.5 Å². The summed E-state index contributed by atoms with van der Waals surface area (Å²) >= 11 is 0. The van der Waals surface area contributed by atoms with Crippen molar-refractivity contribution in [1.29, 1.82) is 0 Å². The van der Waals surface area contributed by atoms with Gasteiger partial charge in [-0.15, -0.1) is 0 Å². The van der Waals surface area contributed by atoms with Crippen LogP contribution in [-0.4, -0.2) is 22.8 Å². The van der Waals surface area contributed by atoms with Crippen molar-refractivity contribution in [2.75, 3.05) is 12.8 Å². The Morgan fingerprint density at radius 1 is 1.43 bits per heavy atom. The third-order valence-corrected chi connectivity index (χ3v) is 3.48. The largest absolute Gasteiger partial charge is 0.495 e. The van der Waals surface area contributed by atoms with Gasteiger partial charge in [-0.3, -0.25) is 9.48 Å². The van der Waals surface area contributed by atoms with Crippen LogP contribution in [0, 0.1) is 13.8 Å². The van der Waals surface area contributed by atoms with Crippen LogP contribution >= 0.6 is 0 Å². The van der Waals surface area contributed by atoms with Gasteiger partial charge < -0.3 is 15.8 Å². The van der Waals surface area contributed by atoms with Crippen LogP contribution in [-0.2, 0) is 13.6 Å². The summed E-state index contributed by atoms with van der Waals surface area (Å²) in [5.74, 6) is 0.497. The monoisotopic (exact) mass is 288 g/mol. The van der Waals surface area contributed by atoms with E-state index in [1.54, 1.807) is 23.9 Å². The summed E-state index contributed by atoms with van der Waals surface area (Å²) in [7, 11) is 3.39. The van der Waals surface area contributed by atoms with Crippen molar-refractivity contribution in [2.45, 2.75) is 20.4 Å². The molecule has 2 rings (SSSR count). The molecule has 6 heteroatoms. The summed E-state index contributed by atoms with van der Waals surface area (Å²) in [6, 6.07) is 5.46. The highest BCUT2D eigenvalue weighted by Crippen LogP contribution is 2.21. The number of hydrogen-bond acceptors (Lipinski definition) is 4. The lowest BCUT2D eigenvalue weighted by Crippen LogP contribution is -2.24. The summed E-state index contributed by atoms with van der Waals surface area (Å²) < 4.78 is 6.81. The zero-order valence-electron chi connectivity index (χ0n) is 12.7. The van der Waals surface area contributed by atoms with E-state index in [0.717, 1.165) is 17.0 Å². The quantitative estimate of drug-likeness (QED) is 0.836. The molecule has 0 aliphatic rings. The zero-order valence-corrected chi connectivity index (χ0v) is 12.7. The minimum Gasteiger partial charge on any atom is -0.495 e. The van der Waals surface area contributed by atoms with Crippen LogP contribution in [0.2, 0.25) is 0 Å². The lowest BCUT2D eigenvalue weighted by atomic mass is 10.1. The SMILES string of the molecule is COc1ccc(CNC(=O)c2c(C)nn(C)c2C)cc1N. The number of anilines is 1. The number of nitrogens with two attached hydrogens (primary N) is 1. The van der Waals surface area contributed by atoms with Crippen LogP contribution < -0.4 is 15.8 Å². The van der Waals surface area contributed by atoms with Gasteiger partial charge in [0.05, 0.1) is 24.1 Å². The summed E-state index contributed by atoms with van der Waals surface area (Å²) in [6.45, 7) is 4.11. The molecule has 0 spiro atoms. The van der Waals surface area contributed by atoms with E-state index in [-0.39, 0.29) is 5.91 Å². The molecule has 0 unspecified atom stereocenters. The maximum atomic E-state index is 12.3. The summed E-state index contributed by atoms with van der Waals surface area (Å²) in [6.07, 6.45) is 0. The highest BCUT2D eigenvalue weighted by Gasteiger charge is 2.16. The summed E-state index contributed by atoms with van der Waals surface area (Å²) in [5.41, 5.74) is 9.52. The van der Waals surface area contributed by atoms with Gasteiger partial charge in [0.2, 0.25) is 0 Å². The van der Waals surface area contributed by atoms with E-state index in [4.69, 9.17) is 10.5 Å². The van der Waals surface area contributed by atoms with Crippen molar-refractivity contribution in [3.63, 3.8) is 0 Å². The minimum atomic E-state index is -0.132. The van der Waals surface area contributed by atoms with E-state index >= 15 is 0 Å². The minimum absolute atomic E-state index is 0.132. The Hall–Kier alpha value is -2.50. The zero-order chi connectivity index (χ0) is 15.6. The molecular formula is C15H20N4O2. The van der Waals surface area contributed by atoms with Crippen molar-refractivity contribution in [3.8, 4) is 5.75 Å². The first-order valence-corrected chi connectivity index (χ1v) is 6.64. The van der Waals surface area contributed by atoms with E-state index in [9.17, 15) is 4.79 Å². The topological polar surface area (TPSA) is 82.2 Å². The molecule has 112 valence electrons. The Balaban J connectivity index is 2.09. The number of benzene rings is 1. The first-order chi connectivity index (χ1) is 9.93. The van der Waals surface area contributed by atoms with Gasteiger partial charge in [0.25, 0.3) is 5.91 Å². The Kier molecular flexibility index (Phi) is 4.16. The third kappa shape index (κ3) is 2.99. The third-order valence-electron chi connectivity index (χ3n) is 3.48. The van der Waals surface area contributed by atoms with Gasteiger partial charge in [-0.2, -0.15) is 5.10 Å². The molecule has 6 nitrogen and oxygen atoms in total. The van der Waals surface area contributed by atoms with Crippen LogP contribution in [0.25, 0.3) is 0 Å². The van der Waals surface area contributed by atoms with Crippen LogP contribution in [0.5, 0.6) is 5.75 Å². The van der Waals surface area contributed by atoms with Crippen molar-refractivity contribution >= 4 is 11.6 Å². The molecule has 21 heavy (non-hydrogen) atoms. The predicted molar refractivity (Wildman–Crippen MR) is 81.3 cm³/mol. The average molecular weight is 288 g/mol. The van der Waals surface area contributed by atoms with Crippen molar-refractivity contribution in [2.24, 2.45) is 7.05 Å². The number of ether oxygens (including phenoxy) is 1. The number of nitrogen functional groups attached to an aromatic ring is 1. The number of hydrogen-bond donors (Lipinski definition) is 2. The fourth-order valence-electron chi connectivity index (χ4n) is 2.27. The molecule has 0 aliphatic carbocycles. The molecular weight excluding hydrogens is 268 g/mol. The molecule has 1 aromatic heterocycles. The number of amides is 1. The molecule has 0 saturated carbocycles. The van der Waals surface area contributed by atoms with E-state index < -0.39 is 0 Å². The van der Waals surface area contributed by atoms with Gasteiger partial charge in [-0.1, -0.05) is 6.07 Å². The molecule has 2 aromatic rings. The number of carbonyl (C=O) groups is 1. The van der Waals surface area contributed by atoms with Crippen LogP contribution in [0.15, 0.2) is 18.2 Å². The predicted octanol–water partition coefficient (Wildman–Crippen LogP) is 1.56. The number of carbonyl (C=O) groups excluding carboxylic acids is 1. The van der Waals surface area contributed by atoms with Gasteiger partial charge in [0.1, 0.15) is 5.75 Å². The van der Waals surface area contributed by atoms with Gasteiger partial charge >= 0.3 is 0 Å². The normalized spacial score (nSPS) is 10.5. The molecule has 0 fully saturated rings. The molecule has 0 aliphatic heterocycles. The average Bonchev–Trinajstić information content (AvgIpc) is 2.70. The first-order valence-electron chi connectivity index (χ1n) is 6.64. The lowest BCUT2D eigenvalue weighted by Gasteiger charge is -2.09. The number of nitrogens with zero attached hydrogens (tertiary/aromatic N) is 2. The highest BCUT2D eigenvalue weighted by molar-refractivity contribution is 5.96. The fourth-order valence-corrected chi connectivity index (χ4v) is 2.27. The Labute approximate surface area is 123 Å².